The number of benzene rings is 2. The van der Waals surface area contributed by atoms with Crippen LogP contribution in [-0.2, 0) is 6.54 Å². The maximum absolute atomic E-state index is 12.6. The number of carbonyl (C=O) groups is 1. The molecule has 8 heteroatoms. The number of rotatable bonds is 6. The van der Waals surface area contributed by atoms with Crippen LogP contribution in [0.4, 0.5) is 5.82 Å². The zero-order chi connectivity index (χ0) is 20.3. The van der Waals surface area contributed by atoms with Crippen LogP contribution >= 0.6 is 23.2 Å². The molecule has 2 aromatic carbocycles. The lowest BCUT2D eigenvalue weighted by molar-refractivity contribution is 0.102. The molecule has 6 nitrogen and oxygen atoms in total. The third-order valence-corrected chi connectivity index (χ3v) is 4.79. The molecule has 3 aromatic rings. The Hall–Kier alpha value is -2.70. The molecular weight excluding hydrogens is 401 g/mol. The summed E-state index contributed by atoms with van der Waals surface area (Å²) in [7, 11) is 3.06. The average Bonchev–Trinajstić information content (AvgIpc) is 3.02. The second-order valence-corrected chi connectivity index (χ2v) is 6.93. The summed E-state index contributed by atoms with van der Waals surface area (Å²) in [5.74, 6) is 1.19. The Morgan fingerprint density at radius 1 is 1.07 bits per heavy atom. The van der Waals surface area contributed by atoms with Gasteiger partial charge in [-0.2, -0.15) is 5.10 Å². The highest BCUT2D eigenvalue weighted by Crippen LogP contribution is 2.28. The minimum Gasteiger partial charge on any atom is -0.493 e. The number of aryl methyl sites for hydroxylation is 1. The Morgan fingerprint density at radius 3 is 2.50 bits per heavy atom. The summed E-state index contributed by atoms with van der Waals surface area (Å²) < 4.78 is 12.2. The molecule has 1 amide bonds. The molecule has 0 aliphatic rings. The summed E-state index contributed by atoms with van der Waals surface area (Å²) in [6.45, 7) is 2.37. The standard InChI is InChI=1S/C20H19Cl2N3O3/c1-12-8-19(24-25(12)11-14-4-6-15(21)10-16(14)22)23-20(26)13-5-7-17(27-2)18(9-13)28-3/h4-10H,11H2,1-3H3,(H,23,24,26). The van der Waals surface area contributed by atoms with Crippen LogP contribution in [0.15, 0.2) is 42.5 Å². The number of methoxy groups -OCH3 is 2. The van der Waals surface area contributed by atoms with Crippen molar-refractivity contribution in [3.8, 4) is 11.5 Å². The predicted octanol–water partition coefficient (Wildman–Crippen LogP) is 4.82. The molecular formula is C20H19Cl2N3O3. The smallest absolute Gasteiger partial charge is 0.257 e. The molecule has 0 unspecified atom stereocenters. The first-order valence-electron chi connectivity index (χ1n) is 8.43. The molecule has 0 radical (unpaired) electrons. The molecule has 0 saturated heterocycles. The third kappa shape index (κ3) is 4.40. The first kappa shape index (κ1) is 20.0. The molecule has 0 bridgehead atoms. The van der Waals surface area contributed by atoms with Crippen molar-refractivity contribution in [1.82, 2.24) is 9.78 Å². The zero-order valence-corrected chi connectivity index (χ0v) is 17.1. The van der Waals surface area contributed by atoms with E-state index in [0.717, 1.165) is 11.3 Å². The van der Waals surface area contributed by atoms with Gasteiger partial charge in [0.05, 0.1) is 20.8 Å². The number of carbonyl (C=O) groups excluding carboxylic acids is 1. The van der Waals surface area contributed by atoms with Crippen LogP contribution in [0.1, 0.15) is 21.6 Å². The van der Waals surface area contributed by atoms with Crippen molar-refractivity contribution in [2.75, 3.05) is 19.5 Å². The highest BCUT2D eigenvalue weighted by atomic mass is 35.5. The quantitative estimate of drug-likeness (QED) is 0.621. The molecule has 0 aliphatic carbocycles. The summed E-state index contributed by atoms with van der Waals surface area (Å²) in [4.78, 5) is 12.6. The molecule has 0 saturated carbocycles. The van der Waals surface area contributed by atoms with Crippen molar-refractivity contribution < 1.29 is 14.3 Å². The van der Waals surface area contributed by atoms with Crippen LogP contribution in [0.3, 0.4) is 0 Å². The van der Waals surface area contributed by atoms with Crippen LogP contribution in [0.5, 0.6) is 11.5 Å². The normalized spacial score (nSPS) is 10.6. The molecule has 0 aliphatic heterocycles. The Balaban J connectivity index is 1.77. The second-order valence-electron chi connectivity index (χ2n) is 6.09. The van der Waals surface area contributed by atoms with Crippen LogP contribution in [0, 0.1) is 6.92 Å². The first-order chi connectivity index (χ1) is 13.4. The fourth-order valence-corrected chi connectivity index (χ4v) is 3.18. The first-order valence-corrected chi connectivity index (χ1v) is 9.18. The average molecular weight is 420 g/mol. The Morgan fingerprint density at radius 2 is 1.82 bits per heavy atom. The SMILES string of the molecule is COc1ccc(C(=O)Nc2cc(C)n(Cc3ccc(Cl)cc3Cl)n2)cc1OC. The summed E-state index contributed by atoms with van der Waals surface area (Å²) in [5.41, 5.74) is 2.20. The van der Waals surface area contributed by atoms with E-state index in [0.29, 0.717) is 39.5 Å². The fraction of sp³-hybridized carbons (Fsp3) is 0.200. The number of hydrogen-bond acceptors (Lipinski definition) is 4. The van der Waals surface area contributed by atoms with Gasteiger partial charge >= 0.3 is 0 Å². The summed E-state index contributed by atoms with van der Waals surface area (Å²) >= 11 is 12.2. The van der Waals surface area contributed by atoms with Gasteiger partial charge in [0, 0.05) is 27.4 Å². The topological polar surface area (TPSA) is 65.4 Å². The van der Waals surface area contributed by atoms with Crippen LogP contribution in [-0.4, -0.2) is 29.9 Å². The molecule has 1 aromatic heterocycles. The number of nitrogens with zero attached hydrogens (tertiary/aromatic N) is 2. The monoisotopic (exact) mass is 419 g/mol. The highest BCUT2D eigenvalue weighted by molar-refractivity contribution is 6.35. The van der Waals surface area contributed by atoms with E-state index in [4.69, 9.17) is 32.7 Å². The van der Waals surface area contributed by atoms with E-state index in [-0.39, 0.29) is 5.91 Å². The number of amides is 1. The van der Waals surface area contributed by atoms with Crippen molar-refractivity contribution >= 4 is 34.9 Å². The van der Waals surface area contributed by atoms with Crippen molar-refractivity contribution in [3.05, 3.63) is 69.3 Å². The molecule has 0 fully saturated rings. The largest absolute Gasteiger partial charge is 0.493 e. The second kappa shape index (κ2) is 8.54. The van der Waals surface area contributed by atoms with Crippen LogP contribution in [0.25, 0.3) is 0 Å². The van der Waals surface area contributed by atoms with Crippen molar-refractivity contribution in [2.24, 2.45) is 0 Å². The lowest BCUT2D eigenvalue weighted by atomic mass is 10.2. The van der Waals surface area contributed by atoms with Gasteiger partial charge in [0.2, 0.25) is 0 Å². The van der Waals surface area contributed by atoms with Crippen molar-refractivity contribution in [2.45, 2.75) is 13.5 Å². The van der Waals surface area contributed by atoms with Crippen molar-refractivity contribution in [1.29, 1.82) is 0 Å². The number of anilines is 1. The molecule has 1 N–H and O–H groups in total. The van der Waals surface area contributed by atoms with E-state index in [1.165, 1.54) is 7.11 Å². The highest BCUT2D eigenvalue weighted by Gasteiger charge is 2.14. The van der Waals surface area contributed by atoms with E-state index < -0.39 is 0 Å². The lowest BCUT2D eigenvalue weighted by Gasteiger charge is -2.09. The third-order valence-electron chi connectivity index (χ3n) is 4.20. The minimum absolute atomic E-state index is 0.296. The van der Waals surface area contributed by atoms with Crippen LogP contribution < -0.4 is 14.8 Å². The van der Waals surface area contributed by atoms with Gasteiger partial charge in [-0.1, -0.05) is 29.3 Å². The Bertz CT molecular complexity index is 1020. The van der Waals surface area contributed by atoms with Gasteiger partial charge in [-0.05, 0) is 42.8 Å². The molecule has 1 heterocycles. The summed E-state index contributed by atoms with van der Waals surface area (Å²) in [6.07, 6.45) is 0. The number of hydrogen-bond donors (Lipinski definition) is 1. The van der Waals surface area contributed by atoms with Gasteiger partial charge in [0.15, 0.2) is 17.3 Å². The molecule has 3 rings (SSSR count). The van der Waals surface area contributed by atoms with Gasteiger partial charge in [-0.15, -0.1) is 0 Å². The summed E-state index contributed by atoms with van der Waals surface area (Å²) in [6, 6.07) is 12.1. The van der Waals surface area contributed by atoms with E-state index in [1.54, 1.807) is 48.2 Å². The molecule has 0 atom stereocenters. The van der Waals surface area contributed by atoms with Gasteiger partial charge in [0.25, 0.3) is 5.91 Å². The van der Waals surface area contributed by atoms with Gasteiger partial charge < -0.3 is 14.8 Å². The van der Waals surface area contributed by atoms with Gasteiger partial charge in [0.1, 0.15) is 0 Å². The van der Waals surface area contributed by atoms with Crippen molar-refractivity contribution in [3.63, 3.8) is 0 Å². The number of nitrogens with one attached hydrogen (secondary N) is 1. The zero-order valence-electron chi connectivity index (χ0n) is 15.6. The minimum atomic E-state index is -0.296. The number of halogens is 2. The van der Waals surface area contributed by atoms with E-state index in [1.807, 2.05) is 13.0 Å². The molecule has 146 valence electrons. The summed E-state index contributed by atoms with van der Waals surface area (Å²) in [5, 5.41) is 8.39. The maximum Gasteiger partial charge on any atom is 0.257 e. The van der Waals surface area contributed by atoms with Gasteiger partial charge in [-0.3, -0.25) is 9.48 Å². The van der Waals surface area contributed by atoms with Gasteiger partial charge in [-0.25, -0.2) is 0 Å². The Kier molecular flexibility index (Phi) is 6.11. The van der Waals surface area contributed by atoms with E-state index in [2.05, 4.69) is 10.4 Å². The number of ether oxygens (including phenoxy) is 2. The maximum atomic E-state index is 12.6. The lowest BCUT2D eigenvalue weighted by Crippen LogP contribution is -2.13. The predicted molar refractivity (Wildman–Crippen MR) is 110 cm³/mol. The van der Waals surface area contributed by atoms with E-state index >= 15 is 0 Å². The fourth-order valence-electron chi connectivity index (χ4n) is 2.71. The van der Waals surface area contributed by atoms with Crippen LogP contribution in [0.2, 0.25) is 10.0 Å². The van der Waals surface area contributed by atoms with E-state index in [9.17, 15) is 4.79 Å². The molecule has 28 heavy (non-hydrogen) atoms. The Labute approximate surface area is 173 Å². The number of aromatic nitrogens is 2. The molecule has 0 spiro atoms.